The van der Waals surface area contributed by atoms with Crippen LogP contribution in [0, 0.1) is 10.8 Å². The molecule has 1 aromatic rings. The van der Waals surface area contributed by atoms with E-state index in [0.29, 0.717) is 5.02 Å². The second kappa shape index (κ2) is 6.43. The van der Waals surface area contributed by atoms with Gasteiger partial charge in [-0.3, -0.25) is 16.1 Å². The molecule has 0 atom stereocenters. The summed E-state index contributed by atoms with van der Waals surface area (Å²) in [5, 5.41) is 22.0. The van der Waals surface area contributed by atoms with Crippen LogP contribution in [-0.2, 0) is 0 Å². The molecule has 2 rings (SSSR count). The van der Waals surface area contributed by atoms with Crippen LogP contribution in [0.25, 0.3) is 0 Å². The summed E-state index contributed by atoms with van der Waals surface area (Å²) in [7, 11) is 0. The molecule has 1 aliphatic rings. The molecule has 1 saturated heterocycles. The maximum atomic E-state index is 7.93. The van der Waals surface area contributed by atoms with Crippen molar-refractivity contribution in [3.8, 4) is 0 Å². The van der Waals surface area contributed by atoms with Crippen LogP contribution in [0.2, 0.25) is 5.02 Å². The Morgan fingerprint density at radius 2 is 1.68 bits per heavy atom. The Bertz CT molecular complexity index is 451. The van der Waals surface area contributed by atoms with Crippen molar-refractivity contribution in [2.24, 2.45) is 0 Å². The van der Waals surface area contributed by atoms with E-state index in [4.69, 9.17) is 22.4 Å². The third kappa shape index (κ3) is 4.13. The lowest BCUT2D eigenvalue weighted by Crippen LogP contribution is -2.47. The zero-order chi connectivity index (χ0) is 13.7. The molecular weight excluding hydrogens is 262 g/mol. The second-order valence-electron chi connectivity index (χ2n) is 4.53. The van der Waals surface area contributed by atoms with Gasteiger partial charge in [0.1, 0.15) is 0 Å². The van der Waals surface area contributed by atoms with Gasteiger partial charge in [-0.05, 0) is 43.5 Å². The van der Waals surface area contributed by atoms with Gasteiger partial charge in [0, 0.05) is 23.8 Å². The summed E-state index contributed by atoms with van der Waals surface area (Å²) in [5.74, 6) is 0.379. The van der Waals surface area contributed by atoms with Crippen LogP contribution in [0.4, 0.5) is 5.69 Å². The third-order valence-electron chi connectivity index (χ3n) is 3.03. The molecule has 5 nitrogen and oxygen atoms in total. The normalized spacial score (nSPS) is 14.9. The summed E-state index contributed by atoms with van der Waals surface area (Å²) < 4.78 is 0. The van der Waals surface area contributed by atoms with E-state index in [-0.39, 0.29) is 11.9 Å². The maximum absolute atomic E-state index is 7.93. The van der Waals surface area contributed by atoms with Crippen LogP contribution < -0.4 is 10.6 Å². The van der Waals surface area contributed by atoms with E-state index in [2.05, 4.69) is 10.6 Å². The van der Waals surface area contributed by atoms with Crippen LogP contribution in [0.1, 0.15) is 19.3 Å². The Morgan fingerprint density at radius 3 is 2.32 bits per heavy atom. The topological polar surface area (TPSA) is 75.0 Å². The maximum Gasteiger partial charge on any atom is 0.199 e. The first kappa shape index (κ1) is 13.7. The minimum absolute atomic E-state index is 0.0953. The number of nitrogens with zero attached hydrogens (tertiary/aromatic N) is 1. The summed E-state index contributed by atoms with van der Waals surface area (Å²) in [5.41, 5.74) is 0.772. The number of nitrogens with one attached hydrogen (secondary N) is 4. The van der Waals surface area contributed by atoms with Gasteiger partial charge in [-0.2, -0.15) is 0 Å². The van der Waals surface area contributed by atoms with Gasteiger partial charge in [-0.15, -0.1) is 0 Å². The second-order valence-corrected chi connectivity index (χ2v) is 4.96. The molecule has 0 aliphatic carbocycles. The molecule has 0 aromatic heterocycles. The number of benzene rings is 1. The number of halogens is 1. The minimum atomic E-state index is 0.0953. The number of anilines is 1. The van der Waals surface area contributed by atoms with Crippen molar-refractivity contribution in [3.05, 3.63) is 29.3 Å². The lowest BCUT2D eigenvalue weighted by Gasteiger charge is -2.29. The van der Waals surface area contributed by atoms with Crippen molar-refractivity contribution in [1.82, 2.24) is 10.2 Å². The van der Waals surface area contributed by atoms with Gasteiger partial charge in [0.25, 0.3) is 0 Å². The van der Waals surface area contributed by atoms with Crippen molar-refractivity contribution in [1.29, 1.82) is 10.8 Å². The molecule has 0 spiro atoms. The molecule has 19 heavy (non-hydrogen) atoms. The predicted molar refractivity (Wildman–Crippen MR) is 79.1 cm³/mol. The van der Waals surface area contributed by atoms with Gasteiger partial charge >= 0.3 is 0 Å². The molecule has 0 saturated carbocycles. The molecule has 1 fully saturated rings. The Kier molecular flexibility index (Phi) is 4.63. The first-order chi connectivity index (χ1) is 9.15. The van der Waals surface area contributed by atoms with Crippen molar-refractivity contribution in [2.75, 3.05) is 18.4 Å². The molecule has 4 N–H and O–H groups in total. The van der Waals surface area contributed by atoms with Crippen molar-refractivity contribution >= 4 is 29.2 Å². The number of rotatable bonds is 1. The largest absolute Gasteiger partial charge is 0.343 e. The molecule has 0 bridgehead atoms. The van der Waals surface area contributed by atoms with Crippen molar-refractivity contribution in [2.45, 2.75) is 19.3 Å². The SMILES string of the molecule is N=C(NC(=N)N1CCCCC1)Nc1ccc(Cl)cc1. The van der Waals surface area contributed by atoms with Crippen molar-refractivity contribution < 1.29 is 0 Å². The van der Waals surface area contributed by atoms with E-state index in [1.165, 1.54) is 6.42 Å². The van der Waals surface area contributed by atoms with E-state index < -0.39 is 0 Å². The average Bonchev–Trinajstić information content (AvgIpc) is 2.42. The molecule has 0 amide bonds. The summed E-state index contributed by atoms with van der Waals surface area (Å²) in [4.78, 5) is 1.96. The molecule has 102 valence electrons. The quantitative estimate of drug-likeness (QED) is 0.472. The molecular formula is C13H18ClN5. The number of piperidine rings is 1. The Hall–Kier alpha value is -1.75. The molecule has 1 aliphatic heterocycles. The highest BCUT2D eigenvalue weighted by atomic mass is 35.5. The lowest BCUT2D eigenvalue weighted by molar-refractivity contribution is 0.334. The predicted octanol–water partition coefficient (Wildman–Crippen LogP) is 2.70. The summed E-state index contributed by atoms with van der Waals surface area (Å²) >= 11 is 5.80. The fourth-order valence-corrected chi connectivity index (χ4v) is 2.15. The lowest BCUT2D eigenvalue weighted by atomic mass is 10.1. The van der Waals surface area contributed by atoms with Gasteiger partial charge in [0.2, 0.25) is 0 Å². The van der Waals surface area contributed by atoms with Gasteiger partial charge < -0.3 is 10.2 Å². The number of likely N-dealkylation sites (tertiary alicyclic amines) is 1. The molecule has 0 radical (unpaired) electrons. The molecule has 0 unspecified atom stereocenters. The van der Waals surface area contributed by atoms with E-state index >= 15 is 0 Å². The Morgan fingerprint density at radius 1 is 1.05 bits per heavy atom. The highest BCUT2D eigenvalue weighted by molar-refractivity contribution is 6.30. The molecule has 1 heterocycles. The third-order valence-corrected chi connectivity index (χ3v) is 3.28. The summed E-state index contributed by atoms with van der Waals surface area (Å²) in [6, 6.07) is 7.10. The van der Waals surface area contributed by atoms with E-state index in [1.54, 1.807) is 24.3 Å². The first-order valence-electron chi connectivity index (χ1n) is 6.37. The zero-order valence-electron chi connectivity index (χ0n) is 10.7. The molecule has 6 heteroatoms. The van der Waals surface area contributed by atoms with E-state index in [0.717, 1.165) is 31.6 Å². The monoisotopic (exact) mass is 279 g/mol. The van der Waals surface area contributed by atoms with Crippen LogP contribution in [0.5, 0.6) is 0 Å². The number of guanidine groups is 2. The van der Waals surface area contributed by atoms with Gasteiger partial charge in [0.15, 0.2) is 11.9 Å². The number of hydrogen-bond donors (Lipinski definition) is 4. The standard InChI is InChI=1S/C13H18ClN5/c14-10-4-6-11(7-5-10)17-12(15)18-13(16)19-8-2-1-3-9-19/h4-7H,1-3,8-9H2,(H4,15,16,17,18). The smallest absolute Gasteiger partial charge is 0.199 e. The van der Waals surface area contributed by atoms with Crippen molar-refractivity contribution in [3.63, 3.8) is 0 Å². The summed E-state index contributed by atoms with van der Waals surface area (Å²) in [6.45, 7) is 1.78. The van der Waals surface area contributed by atoms with E-state index in [1.807, 2.05) is 4.90 Å². The highest BCUT2D eigenvalue weighted by Gasteiger charge is 2.14. The van der Waals surface area contributed by atoms with Gasteiger partial charge in [-0.1, -0.05) is 11.6 Å². The summed E-state index contributed by atoms with van der Waals surface area (Å²) in [6.07, 6.45) is 3.45. The van der Waals surface area contributed by atoms with Gasteiger partial charge in [0.05, 0.1) is 0 Å². The highest BCUT2D eigenvalue weighted by Crippen LogP contribution is 2.13. The fourth-order valence-electron chi connectivity index (χ4n) is 2.02. The Balaban J connectivity index is 1.83. The van der Waals surface area contributed by atoms with Crippen LogP contribution in [-0.4, -0.2) is 29.9 Å². The van der Waals surface area contributed by atoms with Crippen LogP contribution in [0.15, 0.2) is 24.3 Å². The number of hydrogen-bond acceptors (Lipinski definition) is 2. The fraction of sp³-hybridized carbons (Fsp3) is 0.385. The van der Waals surface area contributed by atoms with Crippen LogP contribution >= 0.6 is 11.6 Å². The van der Waals surface area contributed by atoms with E-state index in [9.17, 15) is 0 Å². The average molecular weight is 280 g/mol. The van der Waals surface area contributed by atoms with Crippen LogP contribution in [0.3, 0.4) is 0 Å². The first-order valence-corrected chi connectivity index (χ1v) is 6.74. The Labute approximate surface area is 118 Å². The van der Waals surface area contributed by atoms with Gasteiger partial charge in [-0.25, -0.2) is 0 Å². The molecule has 1 aromatic carbocycles. The minimum Gasteiger partial charge on any atom is -0.343 e. The zero-order valence-corrected chi connectivity index (χ0v) is 11.4.